The summed E-state index contributed by atoms with van der Waals surface area (Å²) in [6.07, 6.45) is 3.74. The molecule has 0 bridgehead atoms. The lowest BCUT2D eigenvalue weighted by Crippen LogP contribution is -2.33. The van der Waals surface area contributed by atoms with Crippen LogP contribution in [0, 0.1) is 0 Å². The molecule has 0 saturated heterocycles. The molecule has 0 aliphatic heterocycles. The van der Waals surface area contributed by atoms with E-state index in [2.05, 4.69) is 6.92 Å². The predicted octanol–water partition coefficient (Wildman–Crippen LogP) is 2.69. The first kappa shape index (κ1) is 13.1. The third kappa shape index (κ3) is 4.27. The van der Waals surface area contributed by atoms with E-state index in [4.69, 9.17) is 16.0 Å². The van der Waals surface area contributed by atoms with Gasteiger partial charge in [0, 0.05) is 31.8 Å². The number of rotatable bonds is 7. The minimum atomic E-state index is 0.152. The van der Waals surface area contributed by atoms with Crippen molar-refractivity contribution in [2.24, 2.45) is 0 Å². The molecule has 4 heteroatoms. The van der Waals surface area contributed by atoms with Crippen molar-refractivity contribution < 1.29 is 9.21 Å². The molecule has 0 saturated carbocycles. The first-order valence-corrected chi connectivity index (χ1v) is 6.17. The fourth-order valence-corrected chi connectivity index (χ4v) is 1.78. The number of carbonyl (C=O) groups excluding carboxylic acids is 1. The molecule has 0 radical (unpaired) electrons. The van der Waals surface area contributed by atoms with E-state index >= 15 is 0 Å². The maximum absolute atomic E-state index is 11.8. The first-order chi connectivity index (χ1) is 7.77. The van der Waals surface area contributed by atoms with E-state index in [1.807, 2.05) is 17.0 Å². The van der Waals surface area contributed by atoms with Crippen LogP contribution in [0.25, 0.3) is 0 Å². The van der Waals surface area contributed by atoms with Crippen molar-refractivity contribution in [3.05, 3.63) is 24.2 Å². The molecule has 0 unspecified atom stereocenters. The quantitative estimate of drug-likeness (QED) is 0.690. The second kappa shape index (κ2) is 7.34. The fraction of sp³-hybridized carbons (Fsp3) is 0.583. The van der Waals surface area contributed by atoms with E-state index in [1.54, 1.807) is 6.26 Å². The van der Waals surface area contributed by atoms with Crippen molar-refractivity contribution >= 4 is 17.5 Å². The van der Waals surface area contributed by atoms with Crippen LogP contribution in [-0.4, -0.2) is 29.8 Å². The van der Waals surface area contributed by atoms with Gasteiger partial charge in [-0.05, 0) is 18.6 Å². The van der Waals surface area contributed by atoms with Gasteiger partial charge in [0.1, 0.15) is 5.76 Å². The average Bonchev–Trinajstić information content (AvgIpc) is 2.78. The highest BCUT2D eigenvalue weighted by Gasteiger charge is 2.12. The monoisotopic (exact) mass is 243 g/mol. The van der Waals surface area contributed by atoms with E-state index in [0.717, 1.165) is 18.7 Å². The van der Waals surface area contributed by atoms with Crippen LogP contribution in [0.4, 0.5) is 0 Å². The average molecular weight is 244 g/mol. The molecule has 0 N–H and O–H groups in total. The molecule has 1 aromatic rings. The standard InChI is InChI=1S/C12H18ClNO2/c1-2-8-14(9-7-13)12(15)6-5-11-4-3-10-16-11/h3-4,10H,2,5-9H2,1H3. The summed E-state index contributed by atoms with van der Waals surface area (Å²) in [5, 5.41) is 0. The highest BCUT2D eigenvalue weighted by Crippen LogP contribution is 2.06. The van der Waals surface area contributed by atoms with Crippen LogP contribution >= 0.6 is 11.6 Å². The topological polar surface area (TPSA) is 33.5 Å². The van der Waals surface area contributed by atoms with E-state index in [1.165, 1.54) is 0 Å². The number of hydrogen-bond acceptors (Lipinski definition) is 2. The molecular weight excluding hydrogens is 226 g/mol. The third-order valence-corrected chi connectivity index (χ3v) is 2.54. The van der Waals surface area contributed by atoms with Crippen LogP contribution < -0.4 is 0 Å². The number of aryl methyl sites for hydroxylation is 1. The molecule has 1 heterocycles. The maximum Gasteiger partial charge on any atom is 0.223 e. The van der Waals surface area contributed by atoms with Crippen molar-refractivity contribution in [3.8, 4) is 0 Å². The SMILES string of the molecule is CCCN(CCCl)C(=O)CCc1ccco1. The fourth-order valence-electron chi connectivity index (χ4n) is 1.58. The van der Waals surface area contributed by atoms with Crippen molar-refractivity contribution in [2.75, 3.05) is 19.0 Å². The van der Waals surface area contributed by atoms with Crippen molar-refractivity contribution in [1.29, 1.82) is 0 Å². The Bertz CT molecular complexity index is 292. The molecule has 0 atom stereocenters. The van der Waals surface area contributed by atoms with Gasteiger partial charge in [-0.1, -0.05) is 6.92 Å². The normalized spacial score (nSPS) is 10.4. The molecule has 0 aliphatic carbocycles. The summed E-state index contributed by atoms with van der Waals surface area (Å²) < 4.78 is 5.19. The summed E-state index contributed by atoms with van der Waals surface area (Å²) in [5.41, 5.74) is 0. The van der Waals surface area contributed by atoms with E-state index in [-0.39, 0.29) is 5.91 Å². The Morgan fingerprint density at radius 2 is 2.31 bits per heavy atom. The Labute approximate surface area is 101 Å². The minimum absolute atomic E-state index is 0.152. The Morgan fingerprint density at radius 1 is 1.50 bits per heavy atom. The van der Waals surface area contributed by atoms with Gasteiger partial charge in [0.05, 0.1) is 6.26 Å². The zero-order chi connectivity index (χ0) is 11.8. The maximum atomic E-state index is 11.8. The lowest BCUT2D eigenvalue weighted by Gasteiger charge is -2.20. The highest BCUT2D eigenvalue weighted by atomic mass is 35.5. The number of alkyl halides is 1. The van der Waals surface area contributed by atoms with Gasteiger partial charge in [-0.25, -0.2) is 0 Å². The number of halogens is 1. The predicted molar refractivity (Wildman–Crippen MR) is 64.6 cm³/mol. The Hall–Kier alpha value is -0.960. The largest absolute Gasteiger partial charge is 0.469 e. The molecule has 1 amide bonds. The first-order valence-electron chi connectivity index (χ1n) is 5.64. The van der Waals surface area contributed by atoms with Gasteiger partial charge in [0.15, 0.2) is 0 Å². The number of nitrogens with zero attached hydrogens (tertiary/aromatic N) is 1. The molecule has 90 valence electrons. The van der Waals surface area contributed by atoms with Crippen molar-refractivity contribution in [1.82, 2.24) is 4.90 Å². The molecule has 0 fully saturated rings. The summed E-state index contributed by atoms with van der Waals surface area (Å²) in [5.74, 6) is 1.50. The lowest BCUT2D eigenvalue weighted by atomic mass is 10.2. The van der Waals surface area contributed by atoms with Gasteiger partial charge in [-0.15, -0.1) is 11.6 Å². The van der Waals surface area contributed by atoms with Gasteiger partial charge in [-0.3, -0.25) is 4.79 Å². The molecule has 16 heavy (non-hydrogen) atoms. The van der Waals surface area contributed by atoms with E-state index in [9.17, 15) is 4.79 Å². The summed E-state index contributed by atoms with van der Waals surface area (Å²) >= 11 is 5.66. The van der Waals surface area contributed by atoms with Gasteiger partial charge < -0.3 is 9.32 Å². The number of hydrogen-bond donors (Lipinski definition) is 0. The molecule has 0 aromatic carbocycles. The van der Waals surface area contributed by atoms with Crippen molar-refractivity contribution in [2.45, 2.75) is 26.2 Å². The van der Waals surface area contributed by atoms with Crippen molar-refractivity contribution in [3.63, 3.8) is 0 Å². The summed E-state index contributed by atoms with van der Waals surface area (Å²) in [6, 6.07) is 3.72. The number of amides is 1. The second-order valence-corrected chi connectivity index (χ2v) is 4.03. The molecule has 1 rings (SSSR count). The van der Waals surface area contributed by atoms with Crippen LogP contribution in [0.3, 0.4) is 0 Å². The van der Waals surface area contributed by atoms with Gasteiger partial charge in [-0.2, -0.15) is 0 Å². The molecule has 1 aromatic heterocycles. The zero-order valence-corrected chi connectivity index (χ0v) is 10.4. The Balaban J connectivity index is 2.36. The van der Waals surface area contributed by atoms with Gasteiger partial charge >= 0.3 is 0 Å². The van der Waals surface area contributed by atoms with Crippen LogP contribution in [0.5, 0.6) is 0 Å². The van der Waals surface area contributed by atoms with Crippen LogP contribution in [0.2, 0.25) is 0 Å². The van der Waals surface area contributed by atoms with E-state index in [0.29, 0.717) is 25.3 Å². The number of furan rings is 1. The molecule has 3 nitrogen and oxygen atoms in total. The van der Waals surface area contributed by atoms with Crippen LogP contribution in [-0.2, 0) is 11.2 Å². The number of carbonyl (C=O) groups is 1. The third-order valence-electron chi connectivity index (χ3n) is 2.37. The summed E-state index contributed by atoms with van der Waals surface area (Å²) in [7, 11) is 0. The second-order valence-electron chi connectivity index (χ2n) is 3.65. The van der Waals surface area contributed by atoms with E-state index < -0.39 is 0 Å². The van der Waals surface area contributed by atoms with Gasteiger partial charge in [0.25, 0.3) is 0 Å². The Morgan fingerprint density at radius 3 is 2.88 bits per heavy atom. The molecule has 0 spiro atoms. The highest BCUT2D eigenvalue weighted by molar-refractivity contribution is 6.18. The van der Waals surface area contributed by atoms with Gasteiger partial charge in [0.2, 0.25) is 5.91 Å². The zero-order valence-electron chi connectivity index (χ0n) is 9.62. The Kier molecular flexibility index (Phi) is 6.01. The summed E-state index contributed by atoms with van der Waals surface area (Å²) in [4.78, 5) is 13.7. The van der Waals surface area contributed by atoms with Crippen LogP contribution in [0.1, 0.15) is 25.5 Å². The lowest BCUT2D eigenvalue weighted by molar-refractivity contribution is -0.131. The smallest absolute Gasteiger partial charge is 0.223 e. The molecule has 0 aliphatic rings. The molecular formula is C12H18ClNO2. The summed E-state index contributed by atoms with van der Waals surface area (Å²) in [6.45, 7) is 3.47. The van der Waals surface area contributed by atoms with Crippen LogP contribution in [0.15, 0.2) is 22.8 Å². The minimum Gasteiger partial charge on any atom is -0.469 e.